The van der Waals surface area contributed by atoms with Gasteiger partial charge in [-0.2, -0.15) is 70.2 Å². The number of hydrogen-bond acceptors (Lipinski definition) is 0. The fourth-order valence-corrected chi connectivity index (χ4v) is 4.72. The van der Waals surface area contributed by atoms with Crippen LogP contribution in [0.3, 0.4) is 0 Å². The van der Waals surface area contributed by atoms with Crippen LogP contribution in [0.4, 0.5) is 87.8 Å². The van der Waals surface area contributed by atoms with E-state index in [1.54, 1.807) is 0 Å². The average molecular weight is 646 g/mol. The summed E-state index contributed by atoms with van der Waals surface area (Å²) >= 11 is 0. The Bertz CT molecular complexity index is 804. The first kappa shape index (κ1) is 37.0. The summed E-state index contributed by atoms with van der Waals surface area (Å²) in [5.41, 5.74) is -12.8. The van der Waals surface area contributed by atoms with E-state index < -0.39 is 74.6 Å². The highest BCUT2D eigenvalue weighted by Gasteiger charge is 2.98. The number of rotatable bonds is 11. The van der Waals surface area contributed by atoms with E-state index in [0.29, 0.717) is 0 Å². The molecule has 0 radical (unpaired) electrons. The molecule has 0 aromatic rings. The van der Waals surface area contributed by atoms with Crippen molar-refractivity contribution in [3.63, 3.8) is 0 Å². The number of hydrogen-bond donors (Lipinski definition) is 0. The van der Waals surface area contributed by atoms with Crippen LogP contribution >= 0.6 is 0 Å². The summed E-state index contributed by atoms with van der Waals surface area (Å²) in [6, 6.07) is 0. The normalized spacial score (nSPS) is 17.2. The van der Waals surface area contributed by atoms with Gasteiger partial charge in [0.1, 0.15) is 16.1 Å². The molecule has 0 aliphatic rings. The summed E-state index contributed by atoms with van der Waals surface area (Å²) in [5.74, 6) is -68.0. The Morgan fingerprint density at radius 1 is 0.237 bits per heavy atom. The van der Waals surface area contributed by atoms with Gasteiger partial charge >= 0.3 is 47.4 Å². The molecule has 38 heavy (non-hydrogen) atoms. The van der Waals surface area contributed by atoms with Gasteiger partial charge in [-0.1, -0.05) is 39.3 Å². The second kappa shape index (κ2) is 8.77. The Hall–Kier alpha value is -0.966. The van der Waals surface area contributed by atoms with E-state index >= 15 is 0 Å². The van der Waals surface area contributed by atoms with Crippen LogP contribution in [-0.4, -0.2) is 74.6 Å². The molecule has 0 atom stereocenters. The maximum Gasteiger partial charge on any atom is 0.385 e. The van der Waals surface area contributed by atoms with E-state index in [2.05, 4.69) is 0 Å². The molecule has 0 aliphatic heterocycles. The van der Waals surface area contributed by atoms with Crippen LogP contribution in [0, 0.1) is 0 Å². The first-order valence-corrected chi connectivity index (χ1v) is 16.5. The summed E-state index contributed by atoms with van der Waals surface area (Å²) in [4.78, 5) is 0. The van der Waals surface area contributed by atoms with E-state index in [-0.39, 0.29) is 39.3 Å². The molecule has 0 aliphatic carbocycles. The van der Waals surface area contributed by atoms with E-state index in [9.17, 15) is 87.8 Å². The molecule has 0 saturated heterocycles. The fraction of sp³-hybridized carbons (Fsp3) is 1.00. The van der Waals surface area contributed by atoms with Gasteiger partial charge in [-0.3, -0.25) is 0 Å². The zero-order valence-electron chi connectivity index (χ0n) is 19.6. The molecule has 0 heterocycles. The first-order valence-electron chi connectivity index (χ1n) is 9.53. The molecule has 0 aromatic carbocycles. The molecular formula is C16H18F20Si2. The van der Waals surface area contributed by atoms with Crippen molar-refractivity contribution in [1.29, 1.82) is 0 Å². The molecule has 0 N–H and O–H groups in total. The lowest BCUT2D eigenvalue weighted by Crippen LogP contribution is -2.79. The number of alkyl halides is 20. The van der Waals surface area contributed by atoms with Gasteiger partial charge in [0.15, 0.2) is 0 Å². The van der Waals surface area contributed by atoms with Crippen LogP contribution in [0.25, 0.3) is 0 Å². The van der Waals surface area contributed by atoms with Gasteiger partial charge in [-0.15, -0.1) is 0 Å². The lowest BCUT2D eigenvalue weighted by Gasteiger charge is -2.47. The molecule has 0 aromatic heterocycles. The summed E-state index contributed by atoms with van der Waals surface area (Å²) in [6.45, 7) is 0.318. The van der Waals surface area contributed by atoms with Crippen LogP contribution in [0.1, 0.15) is 0 Å². The quantitative estimate of drug-likeness (QED) is 0.155. The molecule has 0 bridgehead atoms. The van der Waals surface area contributed by atoms with Crippen LogP contribution in [0.15, 0.2) is 0 Å². The topological polar surface area (TPSA) is 0 Å². The molecule has 230 valence electrons. The second-order valence-electron chi connectivity index (χ2n) is 10.2. The molecular weight excluding hydrogens is 628 g/mol. The zero-order chi connectivity index (χ0) is 32.0. The van der Waals surface area contributed by atoms with Crippen molar-refractivity contribution in [2.45, 2.75) is 97.8 Å². The van der Waals surface area contributed by atoms with Crippen LogP contribution < -0.4 is 0 Å². The average Bonchev–Trinajstić information content (AvgIpc) is 2.64. The van der Waals surface area contributed by atoms with Crippen molar-refractivity contribution in [2.24, 2.45) is 0 Å². The summed E-state index contributed by atoms with van der Waals surface area (Å²) < 4.78 is 277. The Morgan fingerprint density at radius 2 is 0.342 bits per heavy atom. The Balaban J connectivity index is 7.29. The summed E-state index contributed by atoms with van der Waals surface area (Å²) in [5, 5.41) is 0. The lowest BCUT2D eigenvalue weighted by atomic mass is 9.87. The van der Waals surface area contributed by atoms with Crippen LogP contribution in [-0.2, 0) is 0 Å². The highest BCUT2D eigenvalue weighted by molar-refractivity contribution is 6.79. The summed E-state index contributed by atoms with van der Waals surface area (Å²) in [6.07, 6.45) is 0. The summed E-state index contributed by atoms with van der Waals surface area (Å²) in [7, 11) is -10.4. The third-order valence-electron chi connectivity index (χ3n) is 5.43. The SMILES string of the molecule is C[Si](C)(C)C(F)(F)C(F)(F)C(F)(F)C(F)(F)C(F)(F)C(F)(F)C(F)(F)C(F)(F)C(F)(F)C(F)(F)[Si](C)(C)C. The fourth-order valence-electron chi connectivity index (χ4n) is 2.52. The van der Waals surface area contributed by atoms with E-state index in [1.165, 1.54) is 0 Å². The minimum absolute atomic E-state index is 0.0530. The van der Waals surface area contributed by atoms with Crippen molar-refractivity contribution >= 4 is 16.1 Å². The maximum atomic E-state index is 13.9. The Labute approximate surface area is 202 Å². The van der Waals surface area contributed by atoms with Crippen molar-refractivity contribution in [3.05, 3.63) is 0 Å². The smallest absolute Gasteiger partial charge is 0.205 e. The molecule has 22 heteroatoms. The van der Waals surface area contributed by atoms with Gasteiger partial charge in [0, 0.05) is 0 Å². The predicted molar refractivity (Wildman–Crippen MR) is 96.2 cm³/mol. The second-order valence-corrected chi connectivity index (χ2v) is 20.5. The lowest BCUT2D eigenvalue weighted by molar-refractivity contribution is -0.464. The molecule has 0 rings (SSSR count). The van der Waals surface area contributed by atoms with Gasteiger partial charge < -0.3 is 0 Å². The minimum atomic E-state index is -8.97. The van der Waals surface area contributed by atoms with E-state index in [4.69, 9.17) is 0 Å². The van der Waals surface area contributed by atoms with Gasteiger partial charge in [-0.05, 0) is 0 Å². The van der Waals surface area contributed by atoms with Crippen molar-refractivity contribution < 1.29 is 87.8 Å². The zero-order valence-corrected chi connectivity index (χ0v) is 21.6. The third-order valence-corrected chi connectivity index (χ3v) is 9.83. The van der Waals surface area contributed by atoms with Crippen molar-refractivity contribution in [2.75, 3.05) is 0 Å². The van der Waals surface area contributed by atoms with Crippen molar-refractivity contribution in [3.8, 4) is 0 Å². The molecule has 0 saturated carbocycles. The highest BCUT2D eigenvalue weighted by Crippen LogP contribution is 2.67. The standard InChI is InChI=1S/C16H18F20Si2/c1-37(2,3)15(33,34)13(29,30)11(25,26)9(21,22)7(17,18)8(19,20)10(23,24)12(27,28)14(31,32)16(35,36)38(4,5)6/h1-6H3. The molecule has 0 nitrogen and oxygen atoms in total. The van der Waals surface area contributed by atoms with Gasteiger partial charge in [0.2, 0.25) is 0 Å². The molecule has 0 fully saturated rings. The van der Waals surface area contributed by atoms with Gasteiger partial charge in [-0.25, -0.2) is 17.6 Å². The van der Waals surface area contributed by atoms with Gasteiger partial charge in [0.05, 0.1) is 0 Å². The molecule has 0 spiro atoms. The van der Waals surface area contributed by atoms with E-state index in [0.717, 1.165) is 0 Å². The monoisotopic (exact) mass is 646 g/mol. The third kappa shape index (κ3) is 4.22. The molecule has 0 unspecified atom stereocenters. The number of halogens is 20. The minimum Gasteiger partial charge on any atom is -0.205 e. The Kier molecular flexibility index (Phi) is 8.54. The highest BCUT2D eigenvalue weighted by atomic mass is 28.3. The van der Waals surface area contributed by atoms with Gasteiger partial charge in [0.25, 0.3) is 11.1 Å². The van der Waals surface area contributed by atoms with Crippen LogP contribution in [0.2, 0.25) is 39.3 Å². The maximum absolute atomic E-state index is 13.9. The first-order chi connectivity index (χ1) is 15.8. The van der Waals surface area contributed by atoms with Crippen molar-refractivity contribution in [1.82, 2.24) is 0 Å². The Morgan fingerprint density at radius 3 is 0.447 bits per heavy atom. The van der Waals surface area contributed by atoms with Crippen LogP contribution in [0.5, 0.6) is 0 Å². The largest absolute Gasteiger partial charge is 0.385 e. The molecule has 0 amide bonds. The predicted octanol–water partition coefficient (Wildman–Crippen LogP) is 9.09. The van der Waals surface area contributed by atoms with E-state index in [1.807, 2.05) is 0 Å².